The predicted octanol–water partition coefficient (Wildman–Crippen LogP) is 2.94. The standard InChI is InChI=1S/C12H16N2/c1-9-11(12(2,3)4)10-7-5-6-8-14(10)13-9/h5-8H,1-4H3. The van der Waals surface area contributed by atoms with E-state index in [1.54, 1.807) is 0 Å². The summed E-state index contributed by atoms with van der Waals surface area (Å²) in [6.07, 6.45) is 2.00. The molecule has 0 N–H and O–H groups in total. The molecule has 0 amide bonds. The van der Waals surface area contributed by atoms with Crippen LogP contribution in [0, 0.1) is 6.92 Å². The zero-order chi connectivity index (χ0) is 10.3. The summed E-state index contributed by atoms with van der Waals surface area (Å²) in [6.45, 7) is 8.76. The Kier molecular flexibility index (Phi) is 1.88. The van der Waals surface area contributed by atoms with E-state index in [1.807, 2.05) is 16.8 Å². The first kappa shape index (κ1) is 9.25. The Morgan fingerprint density at radius 3 is 2.57 bits per heavy atom. The second kappa shape index (κ2) is 2.84. The van der Waals surface area contributed by atoms with Gasteiger partial charge >= 0.3 is 0 Å². The Bertz CT molecular complexity index is 461. The Morgan fingerprint density at radius 2 is 1.93 bits per heavy atom. The molecule has 0 saturated heterocycles. The Morgan fingerprint density at radius 1 is 1.21 bits per heavy atom. The van der Waals surface area contributed by atoms with Gasteiger partial charge in [0.15, 0.2) is 0 Å². The lowest BCUT2D eigenvalue weighted by molar-refractivity contribution is 0.591. The van der Waals surface area contributed by atoms with Crippen molar-refractivity contribution in [2.75, 3.05) is 0 Å². The van der Waals surface area contributed by atoms with E-state index in [-0.39, 0.29) is 5.41 Å². The maximum absolute atomic E-state index is 4.50. The highest BCUT2D eigenvalue weighted by Crippen LogP contribution is 2.29. The second-order valence-electron chi connectivity index (χ2n) is 4.74. The molecule has 14 heavy (non-hydrogen) atoms. The fraction of sp³-hybridized carbons (Fsp3) is 0.417. The molecule has 0 aliphatic carbocycles. The smallest absolute Gasteiger partial charge is 0.0701 e. The lowest BCUT2D eigenvalue weighted by Crippen LogP contribution is -2.12. The van der Waals surface area contributed by atoms with Gasteiger partial charge < -0.3 is 0 Å². The lowest BCUT2D eigenvalue weighted by Gasteiger charge is -2.18. The highest BCUT2D eigenvalue weighted by Gasteiger charge is 2.21. The van der Waals surface area contributed by atoms with Gasteiger partial charge in [-0.05, 0) is 24.5 Å². The van der Waals surface area contributed by atoms with Gasteiger partial charge in [-0.2, -0.15) is 5.10 Å². The van der Waals surface area contributed by atoms with Crippen LogP contribution in [0.15, 0.2) is 24.4 Å². The van der Waals surface area contributed by atoms with Gasteiger partial charge in [0.05, 0.1) is 11.2 Å². The van der Waals surface area contributed by atoms with Crippen LogP contribution in [0.2, 0.25) is 0 Å². The van der Waals surface area contributed by atoms with Crippen molar-refractivity contribution < 1.29 is 0 Å². The third-order valence-electron chi connectivity index (χ3n) is 2.46. The van der Waals surface area contributed by atoms with Gasteiger partial charge in [-0.3, -0.25) is 0 Å². The van der Waals surface area contributed by atoms with Gasteiger partial charge in [-0.15, -0.1) is 0 Å². The van der Waals surface area contributed by atoms with Crippen molar-refractivity contribution in [3.63, 3.8) is 0 Å². The molecule has 0 unspecified atom stereocenters. The van der Waals surface area contributed by atoms with Crippen LogP contribution in [0.25, 0.3) is 5.52 Å². The van der Waals surface area contributed by atoms with Crippen molar-refractivity contribution in [2.45, 2.75) is 33.1 Å². The van der Waals surface area contributed by atoms with Gasteiger partial charge in [0.2, 0.25) is 0 Å². The van der Waals surface area contributed by atoms with Gasteiger partial charge in [0.25, 0.3) is 0 Å². The Balaban J connectivity index is 2.81. The predicted molar refractivity (Wildman–Crippen MR) is 58.6 cm³/mol. The zero-order valence-electron chi connectivity index (χ0n) is 9.20. The molecule has 74 valence electrons. The topological polar surface area (TPSA) is 17.3 Å². The molecule has 0 spiro atoms. The fourth-order valence-electron chi connectivity index (χ4n) is 2.04. The third kappa shape index (κ3) is 1.31. The molecule has 0 atom stereocenters. The molecule has 2 heterocycles. The molecule has 2 aromatic rings. The summed E-state index contributed by atoms with van der Waals surface area (Å²) in [6, 6.07) is 6.19. The Labute approximate surface area is 84.6 Å². The average molecular weight is 188 g/mol. The molecule has 0 aliphatic heterocycles. The minimum atomic E-state index is 0.160. The first-order valence-corrected chi connectivity index (χ1v) is 4.94. The second-order valence-corrected chi connectivity index (χ2v) is 4.74. The van der Waals surface area contributed by atoms with Crippen molar-refractivity contribution in [3.8, 4) is 0 Å². The van der Waals surface area contributed by atoms with Crippen LogP contribution < -0.4 is 0 Å². The van der Waals surface area contributed by atoms with Gasteiger partial charge in [0, 0.05) is 11.8 Å². The van der Waals surface area contributed by atoms with Crippen molar-refractivity contribution >= 4 is 5.52 Å². The minimum Gasteiger partial charge on any atom is -0.240 e. The summed E-state index contributed by atoms with van der Waals surface area (Å²) in [7, 11) is 0. The molecule has 0 fully saturated rings. The molecule has 0 bridgehead atoms. The van der Waals surface area contributed by atoms with E-state index in [2.05, 4.69) is 44.9 Å². The largest absolute Gasteiger partial charge is 0.240 e. The van der Waals surface area contributed by atoms with E-state index < -0.39 is 0 Å². The molecule has 0 aromatic carbocycles. The minimum absolute atomic E-state index is 0.160. The zero-order valence-corrected chi connectivity index (χ0v) is 9.20. The molecule has 2 heteroatoms. The van der Waals surface area contributed by atoms with Crippen LogP contribution in [-0.2, 0) is 5.41 Å². The maximum atomic E-state index is 4.50. The summed E-state index contributed by atoms with van der Waals surface area (Å²) in [5, 5.41) is 4.50. The van der Waals surface area contributed by atoms with E-state index in [0.29, 0.717) is 0 Å². The van der Waals surface area contributed by atoms with Crippen LogP contribution in [0.5, 0.6) is 0 Å². The number of fused-ring (bicyclic) bond motifs is 1. The average Bonchev–Trinajstić information content (AvgIpc) is 2.38. The molecule has 2 aromatic heterocycles. The summed E-state index contributed by atoms with van der Waals surface area (Å²) < 4.78 is 1.95. The van der Waals surface area contributed by atoms with E-state index in [4.69, 9.17) is 0 Å². The molecular formula is C12H16N2. The van der Waals surface area contributed by atoms with Gasteiger partial charge in [-0.1, -0.05) is 26.8 Å². The van der Waals surface area contributed by atoms with Crippen LogP contribution in [0.1, 0.15) is 32.0 Å². The third-order valence-corrected chi connectivity index (χ3v) is 2.46. The van der Waals surface area contributed by atoms with Crippen molar-refractivity contribution in [3.05, 3.63) is 35.7 Å². The highest BCUT2D eigenvalue weighted by atomic mass is 15.2. The van der Waals surface area contributed by atoms with E-state index in [1.165, 1.54) is 11.1 Å². The van der Waals surface area contributed by atoms with Crippen molar-refractivity contribution in [1.82, 2.24) is 9.61 Å². The molecule has 0 aliphatic rings. The van der Waals surface area contributed by atoms with Crippen LogP contribution in [0.3, 0.4) is 0 Å². The summed E-state index contributed by atoms with van der Waals surface area (Å²) in [5.74, 6) is 0. The first-order valence-electron chi connectivity index (χ1n) is 4.94. The van der Waals surface area contributed by atoms with Crippen molar-refractivity contribution in [2.24, 2.45) is 0 Å². The fourth-order valence-corrected chi connectivity index (χ4v) is 2.04. The monoisotopic (exact) mass is 188 g/mol. The lowest BCUT2D eigenvalue weighted by atomic mass is 9.86. The maximum Gasteiger partial charge on any atom is 0.0701 e. The SMILES string of the molecule is Cc1nn2ccccc2c1C(C)(C)C. The van der Waals surface area contributed by atoms with E-state index in [9.17, 15) is 0 Å². The first-order chi connectivity index (χ1) is 6.50. The summed E-state index contributed by atoms with van der Waals surface area (Å²) in [4.78, 5) is 0. The van der Waals surface area contributed by atoms with Crippen LogP contribution in [-0.4, -0.2) is 9.61 Å². The molecular weight excluding hydrogens is 172 g/mol. The molecule has 0 saturated carbocycles. The summed E-state index contributed by atoms with van der Waals surface area (Å²) >= 11 is 0. The molecule has 2 nitrogen and oxygen atoms in total. The van der Waals surface area contributed by atoms with E-state index in [0.717, 1.165) is 5.69 Å². The van der Waals surface area contributed by atoms with Crippen LogP contribution in [0.4, 0.5) is 0 Å². The number of pyridine rings is 1. The summed E-state index contributed by atoms with van der Waals surface area (Å²) in [5.41, 5.74) is 3.85. The van der Waals surface area contributed by atoms with Crippen molar-refractivity contribution in [1.29, 1.82) is 0 Å². The number of aromatic nitrogens is 2. The quantitative estimate of drug-likeness (QED) is 0.621. The normalized spacial score (nSPS) is 12.3. The number of hydrogen-bond acceptors (Lipinski definition) is 1. The number of aryl methyl sites for hydroxylation is 1. The van der Waals surface area contributed by atoms with Gasteiger partial charge in [-0.25, -0.2) is 4.52 Å². The van der Waals surface area contributed by atoms with Crippen LogP contribution >= 0.6 is 0 Å². The number of hydrogen-bond donors (Lipinski definition) is 0. The number of nitrogens with zero attached hydrogens (tertiary/aromatic N) is 2. The van der Waals surface area contributed by atoms with E-state index >= 15 is 0 Å². The Hall–Kier alpha value is -1.31. The molecule has 0 radical (unpaired) electrons. The molecule has 2 rings (SSSR count). The number of rotatable bonds is 0. The van der Waals surface area contributed by atoms with Gasteiger partial charge in [0.1, 0.15) is 0 Å². The highest BCUT2D eigenvalue weighted by molar-refractivity contribution is 5.59.